The first-order valence-corrected chi connectivity index (χ1v) is 15.1. The van der Waals surface area contributed by atoms with Crippen molar-refractivity contribution < 1.29 is 4.39 Å². The Bertz CT molecular complexity index is 795. The van der Waals surface area contributed by atoms with Gasteiger partial charge in [-0.2, -0.15) is 0 Å². The van der Waals surface area contributed by atoms with Crippen molar-refractivity contribution in [2.45, 2.75) is 123 Å². The lowest BCUT2D eigenvalue weighted by Crippen LogP contribution is -2.28. The molecule has 0 aromatic heterocycles. The van der Waals surface area contributed by atoms with Gasteiger partial charge >= 0.3 is 0 Å². The van der Waals surface area contributed by atoms with Crippen LogP contribution in [-0.2, 0) is 0 Å². The van der Waals surface area contributed by atoms with Crippen molar-refractivity contribution in [2.75, 3.05) is 0 Å². The summed E-state index contributed by atoms with van der Waals surface area (Å²) in [5.41, 5.74) is 2.81. The molecule has 2 saturated carbocycles. The highest BCUT2D eigenvalue weighted by molar-refractivity contribution is 6.32. The summed E-state index contributed by atoms with van der Waals surface area (Å²) in [6.45, 7) is 4.09. The Morgan fingerprint density at radius 3 is 2.03 bits per heavy atom. The van der Waals surface area contributed by atoms with E-state index in [0.29, 0.717) is 10.6 Å². The largest absolute Gasteiger partial charge is 0.205 e. The zero-order valence-electron chi connectivity index (χ0n) is 21.9. The summed E-state index contributed by atoms with van der Waals surface area (Å²) in [6.07, 6.45) is 26.4. The first-order valence-electron chi connectivity index (χ1n) is 14.7. The smallest absolute Gasteiger partial charge is 0.145 e. The summed E-state index contributed by atoms with van der Waals surface area (Å²) in [4.78, 5) is 0. The minimum Gasteiger partial charge on any atom is -0.205 e. The van der Waals surface area contributed by atoms with E-state index in [1.165, 1.54) is 102 Å². The maximum absolute atomic E-state index is 14.3. The molecule has 2 heteroatoms. The van der Waals surface area contributed by atoms with E-state index in [1.54, 1.807) is 6.92 Å². The number of unbranched alkanes of at least 4 members (excludes halogenated alkanes) is 4. The third-order valence-corrected chi connectivity index (χ3v) is 10.2. The molecule has 0 radical (unpaired) electrons. The molecule has 0 amide bonds. The summed E-state index contributed by atoms with van der Waals surface area (Å²) >= 11 is 6.34. The zero-order valence-corrected chi connectivity index (χ0v) is 22.7. The molecule has 0 heterocycles. The average Bonchev–Trinajstić information content (AvgIpc) is 2.88. The molecule has 0 bridgehead atoms. The molecule has 34 heavy (non-hydrogen) atoms. The Hall–Kier alpha value is -0.820. The lowest BCUT2D eigenvalue weighted by Gasteiger charge is -2.40. The number of hydrogen-bond donors (Lipinski definition) is 0. The highest BCUT2D eigenvalue weighted by Gasteiger charge is 2.33. The second kappa shape index (κ2) is 12.9. The van der Waals surface area contributed by atoms with E-state index in [2.05, 4.69) is 13.0 Å². The van der Waals surface area contributed by atoms with Crippen LogP contribution in [0.2, 0.25) is 5.02 Å². The predicted octanol–water partition coefficient (Wildman–Crippen LogP) is 10.9. The third-order valence-electron chi connectivity index (χ3n) is 9.83. The van der Waals surface area contributed by atoms with Crippen molar-refractivity contribution in [3.8, 4) is 0 Å². The van der Waals surface area contributed by atoms with Crippen LogP contribution in [0.3, 0.4) is 0 Å². The van der Waals surface area contributed by atoms with E-state index in [0.717, 1.165) is 48.0 Å². The molecule has 1 atom stereocenters. The van der Waals surface area contributed by atoms with Gasteiger partial charge in [0.25, 0.3) is 0 Å². The van der Waals surface area contributed by atoms with Gasteiger partial charge in [-0.15, -0.1) is 0 Å². The minimum absolute atomic E-state index is 0.249. The standard InChI is InChI=1S/C32H48ClF/c1-3-4-5-6-7-8-24-10-12-25(13-11-24)26-14-16-27(17-15-26)28-18-20-29(21-19-28)30-22-9-23(2)32(34)31(30)33/h9,20,22,24-28H,3-8,10-19,21H2,1-2H3. The maximum atomic E-state index is 14.3. The summed E-state index contributed by atoms with van der Waals surface area (Å²) in [5, 5.41) is 0.316. The molecule has 4 rings (SSSR count). The lowest BCUT2D eigenvalue weighted by atomic mass is 9.65. The Labute approximate surface area is 214 Å². The normalized spacial score (nSPS) is 30.2. The van der Waals surface area contributed by atoms with Gasteiger partial charge in [0.1, 0.15) is 5.82 Å². The third kappa shape index (κ3) is 6.68. The Kier molecular flexibility index (Phi) is 9.99. The molecule has 3 aliphatic carbocycles. The van der Waals surface area contributed by atoms with Crippen LogP contribution in [0.5, 0.6) is 0 Å². The quantitative estimate of drug-likeness (QED) is 0.304. The Balaban J connectivity index is 1.18. The SMILES string of the molecule is CCCCCCCC1CCC(C2CCC(C3CC=C(c4ccc(C)c(F)c4Cl)CC3)CC2)CC1. The predicted molar refractivity (Wildman–Crippen MR) is 146 cm³/mol. The fourth-order valence-corrected chi connectivity index (χ4v) is 7.83. The van der Waals surface area contributed by atoms with Gasteiger partial charge in [-0.25, -0.2) is 4.39 Å². The van der Waals surface area contributed by atoms with Crippen molar-refractivity contribution in [2.24, 2.45) is 29.6 Å². The molecular formula is C32H48ClF. The van der Waals surface area contributed by atoms with Gasteiger partial charge in [0.05, 0.1) is 5.02 Å². The molecule has 2 fully saturated rings. The number of halogens is 2. The van der Waals surface area contributed by atoms with Gasteiger partial charge in [0.15, 0.2) is 0 Å². The van der Waals surface area contributed by atoms with Gasteiger partial charge in [0, 0.05) is 0 Å². The van der Waals surface area contributed by atoms with Crippen LogP contribution in [0.15, 0.2) is 18.2 Å². The first kappa shape index (κ1) is 26.2. The maximum Gasteiger partial charge on any atom is 0.145 e. The van der Waals surface area contributed by atoms with E-state index < -0.39 is 0 Å². The molecule has 1 aromatic carbocycles. The highest BCUT2D eigenvalue weighted by Crippen LogP contribution is 2.46. The van der Waals surface area contributed by atoms with Crippen molar-refractivity contribution in [1.29, 1.82) is 0 Å². The first-order chi connectivity index (χ1) is 16.6. The van der Waals surface area contributed by atoms with Crippen LogP contribution in [0, 0.1) is 42.3 Å². The summed E-state index contributed by atoms with van der Waals surface area (Å²) in [6, 6.07) is 3.88. The molecule has 1 aromatic rings. The van der Waals surface area contributed by atoms with Crippen LogP contribution >= 0.6 is 11.6 Å². The van der Waals surface area contributed by atoms with Gasteiger partial charge in [-0.1, -0.05) is 88.1 Å². The van der Waals surface area contributed by atoms with E-state index in [9.17, 15) is 4.39 Å². The van der Waals surface area contributed by atoms with Gasteiger partial charge in [-0.05, 0) is 111 Å². The summed E-state index contributed by atoms with van der Waals surface area (Å²) < 4.78 is 14.3. The van der Waals surface area contributed by atoms with E-state index in [4.69, 9.17) is 11.6 Å². The number of hydrogen-bond acceptors (Lipinski definition) is 0. The van der Waals surface area contributed by atoms with Crippen molar-refractivity contribution in [1.82, 2.24) is 0 Å². The fourth-order valence-electron chi connectivity index (χ4n) is 7.49. The fraction of sp³-hybridized carbons (Fsp3) is 0.750. The second-order valence-electron chi connectivity index (χ2n) is 12.0. The van der Waals surface area contributed by atoms with Crippen molar-refractivity contribution in [3.05, 3.63) is 40.2 Å². The topological polar surface area (TPSA) is 0 Å². The number of benzene rings is 1. The Morgan fingerprint density at radius 1 is 0.794 bits per heavy atom. The molecule has 190 valence electrons. The molecule has 1 unspecified atom stereocenters. The lowest BCUT2D eigenvalue weighted by molar-refractivity contribution is 0.120. The molecule has 0 N–H and O–H groups in total. The average molecular weight is 487 g/mol. The zero-order chi connectivity index (χ0) is 23.9. The van der Waals surface area contributed by atoms with Gasteiger partial charge in [0.2, 0.25) is 0 Å². The van der Waals surface area contributed by atoms with Crippen LogP contribution in [0.25, 0.3) is 5.57 Å². The van der Waals surface area contributed by atoms with Gasteiger partial charge < -0.3 is 0 Å². The molecule has 0 aliphatic heterocycles. The van der Waals surface area contributed by atoms with Crippen molar-refractivity contribution >= 4 is 17.2 Å². The van der Waals surface area contributed by atoms with Crippen LogP contribution < -0.4 is 0 Å². The van der Waals surface area contributed by atoms with E-state index >= 15 is 0 Å². The minimum atomic E-state index is -0.249. The van der Waals surface area contributed by atoms with Gasteiger partial charge in [-0.3, -0.25) is 0 Å². The van der Waals surface area contributed by atoms with Crippen LogP contribution in [-0.4, -0.2) is 0 Å². The number of aryl methyl sites for hydroxylation is 1. The number of rotatable bonds is 9. The van der Waals surface area contributed by atoms with Crippen molar-refractivity contribution in [3.63, 3.8) is 0 Å². The molecule has 0 nitrogen and oxygen atoms in total. The highest BCUT2D eigenvalue weighted by atomic mass is 35.5. The summed E-state index contributed by atoms with van der Waals surface area (Å²) in [5.74, 6) is 4.54. The molecule has 0 saturated heterocycles. The molecule has 3 aliphatic rings. The number of allylic oxidation sites excluding steroid dienone is 2. The van der Waals surface area contributed by atoms with Crippen LogP contribution in [0.1, 0.15) is 127 Å². The van der Waals surface area contributed by atoms with Crippen LogP contribution in [0.4, 0.5) is 4.39 Å². The van der Waals surface area contributed by atoms with E-state index in [1.807, 2.05) is 12.1 Å². The summed E-state index contributed by atoms with van der Waals surface area (Å²) in [7, 11) is 0. The molecule has 0 spiro atoms. The monoisotopic (exact) mass is 486 g/mol. The Morgan fingerprint density at radius 2 is 1.41 bits per heavy atom. The van der Waals surface area contributed by atoms with E-state index in [-0.39, 0.29) is 5.82 Å². The molecular weight excluding hydrogens is 439 g/mol. The second-order valence-corrected chi connectivity index (χ2v) is 12.4.